The van der Waals surface area contributed by atoms with Crippen LogP contribution in [0.1, 0.15) is 74.7 Å². The molecule has 1 aromatic rings. The number of piperidine rings is 1. The third kappa shape index (κ3) is 4.98. The molecular formula is C20H32N2O2S. The minimum absolute atomic E-state index is 0.176. The Labute approximate surface area is 155 Å². The highest BCUT2D eigenvalue weighted by atomic mass is 32.1. The first-order valence-corrected chi connectivity index (χ1v) is 10.5. The fraction of sp³-hybridized carbons (Fsp3) is 0.750. The normalized spacial score (nSPS) is 20.2. The zero-order chi connectivity index (χ0) is 18.0. The van der Waals surface area contributed by atoms with Crippen molar-refractivity contribution < 1.29 is 9.53 Å². The second-order valence-corrected chi connectivity index (χ2v) is 9.60. The van der Waals surface area contributed by atoms with Gasteiger partial charge in [-0.1, -0.05) is 0 Å². The van der Waals surface area contributed by atoms with Crippen molar-refractivity contribution in [3.63, 3.8) is 0 Å². The molecule has 4 nitrogen and oxygen atoms in total. The van der Waals surface area contributed by atoms with Crippen LogP contribution in [0.5, 0.6) is 0 Å². The second kappa shape index (κ2) is 7.67. The van der Waals surface area contributed by atoms with E-state index in [1.165, 1.54) is 30.6 Å². The standard InChI is InChI=1S/C20H32N2O2S/c1-14(18-13-15-7-5-6-8-17(15)25-18)21-16-9-11-22(12-10-16)19(23)24-20(2,3)4/h13-14,16,21H,5-12H2,1-4H3. The maximum atomic E-state index is 12.2. The van der Waals surface area contributed by atoms with Crippen molar-refractivity contribution in [3.8, 4) is 0 Å². The molecule has 25 heavy (non-hydrogen) atoms. The molecule has 0 spiro atoms. The maximum Gasteiger partial charge on any atom is 0.410 e. The largest absolute Gasteiger partial charge is 0.444 e. The number of carbonyl (C=O) groups is 1. The molecule has 1 amide bonds. The van der Waals surface area contributed by atoms with E-state index in [0.29, 0.717) is 12.1 Å². The summed E-state index contributed by atoms with van der Waals surface area (Å²) in [5, 5.41) is 3.78. The number of hydrogen-bond acceptors (Lipinski definition) is 4. The molecule has 2 heterocycles. The molecule has 1 fully saturated rings. The molecule has 2 aliphatic rings. The van der Waals surface area contributed by atoms with Crippen LogP contribution in [0.3, 0.4) is 0 Å². The number of likely N-dealkylation sites (tertiary alicyclic amines) is 1. The molecule has 1 aliphatic carbocycles. The van der Waals surface area contributed by atoms with E-state index in [0.717, 1.165) is 25.9 Å². The topological polar surface area (TPSA) is 41.6 Å². The molecule has 0 bridgehead atoms. The molecule has 0 radical (unpaired) electrons. The number of ether oxygens (including phenoxy) is 1. The van der Waals surface area contributed by atoms with E-state index in [1.807, 2.05) is 37.0 Å². The lowest BCUT2D eigenvalue weighted by Gasteiger charge is -2.34. The first kappa shape index (κ1) is 18.7. The summed E-state index contributed by atoms with van der Waals surface area (Å²) in [5.74, 6) is 0. The van der Waals surface area contributed by atoms with Gasteiger partial charge in [-0.25, -0.2) is 4.79 Å². The number of thiophene rings is 1. The zero-order valence-electron chi connectivity index (χ0n) is 16.1. The van der Waals surface area contributed by atoms with Crippen LogP contribution in [0, 0.1) is 0 Å². The molecule has 1 atom stereocenters. The summed E-state index contributed by atoms with van der Waals surface area (Å²) in [6.07, 6.45) is 7.02. The quantitative estimate of drug-likeness (QED) is 0.847. The van der Waals surface area contributed by atoms with Gasteiger partial charge >= 0.3 is 6.09 Å². The van der Waals surface area contributed by atoms with Crippen molar-refractivity contribution in [1.29, 1.82) is 0 Å². The van der Waals surface area contributed by atoms with Crippen molar-refractivity contribution >= 4 is 17.4 Å². The molecule has 5 heteroatoms. The smallest absolute Gasteiger partial charge is 0.410 e. The van der Waals surface area contributed by atoms with Gasteiger partial charge in [-0.3, -0.25) is 0 Å². The number of aryl methyl sites for hydroxylation is 2. The summed E-state index contributed by atoms with van der Waals surface area (Å²) >= 11 is 2.00. The van der Waals surface area contributed by atoms with Gasteiger partial charge in [0.25, 0.3) is 0 Å². The van der Waals surface area contributed by atoms with E-state index >= 15 is 0 Å². The van der Waals surface area contributed by atoms with Gasteiger partial charge in [-0.2, -0.15) is 0 Å². The van der Waals surface area contributed by atoms with Crippen molar-refractivity contribution in [1.82, 2.24) is 10.2 Å². The number of amides is 1. The number of hydrogen-bond donors (Lipinski definition) is 1. The zero-order valence-corrected chi connectivity index (χ0v) is 16.9. The molecular weight excluding hydrogens is 332 g/mol. The van der Waals surface area contributed by atoms with Gasteiger partial charge in [0.15, 0.2) is 0 Å². The van der Waals surface area contributed by atoms with E-state index in [4.69, 9.17) is 4.74 Å². The number of fused-ring (bicyclic) bond motifs is 1. The second-order valence-electron chi connectivity index (χ2n) is 8.43. The highest BCUT2D eigenvalue weighted by molar-refractivity contribution is 7.12. The van der Waals surface area contributed by atoms with Crippen LogP contribution >= 0.6 is 11.3 Å². The molecule has 0 aromatic carbocycles. The summed E-state index contributed by atoms with van der Waals surface area (Å²) in [7, 11) is 0. The van der Waals surface area contributed by atoms with E-state index in [9.17, 15) is 4.79 Å². The minimum Gasteiger partial charge on any atom is -0.444 e. The minimum atomic E-state index is -0.418. The van der Waals surface area contributed by atoms with Gasteiger partial charge in [0.1, 0.15) is 5.60 Å². The molecule has 1 saturated heterocycles. The number of nitrogens with one attached hydrogen (secondary N) is 1. The lowest BCUT2D eigenvalue weighted by atomic mass is 9.98. The first-order valence-electron chi connectivity index (χ1n) is 9.67. The van der Waals surface area contributed by atoms with Gasteiger partial charge in [0.2, 0.25) is 0 Å². The molecule has 1 aliphatic heterocycles. The number of rotatable bonds is 3. The van der Waals surface area contributed by atoms with Crippen molar-refractivity contribution in [3.05, 3.63) is 21.4 Å². The average Bonchev–Trinajstić information content (AvgIpc) is 2.98. The van der Waals surface area contributed by atoms with E-state index in [1.54, 1.807) is 10.4 Å². The summed E-state index contributed by atoms with van der Waals surface area (Å²) in [6, 6.07) is 3.30. The lowest BCUT2D eigenvalue weighted by molar-refractivity contribution is 0.0196. The third-order valence-corrected chi connectivity index (χ3v) is 6.49. The Morgan fingerprint density at radius 2 is 1.96 bits per heavy atom. The Balaban J connectivity index is 1.48. The Morgan fingerprint density at radius 3 is 2.60 bits per heavy atom. The van der Waals surface area contributed by atoms with Crippen LogP contribution in [0.4, 0.5) is 4.79 Å². The maximum absolute atomic E-state index is 12.2. The van der Waals surface area contributed by atoms with E-state index in [2.05, 4.69) is 18.3 Å². The highest BCUT2D eigenvalue weighted by Gasteiger charge is 2.28. The third-order valence-electron chi connectivity index (χ3n) is 5.07. The van der Waals surface area contributed by atoms with Crippen molar-refractivity contribution in [2.75, 3.05) is 13.1 Å². The Morgan fingerprint density at radius 1 is 1.28 bits per heavy atom. The molecule has 1 unspecified atom stereocenters. The average molecular weight is 365 g/mol. The predicted molar refractivity (Wildman–Crippen MR) is 103 cm³/mol. The molecule has 140 valence electrons. The van der Waals surface area contributed by atoms with Crippen LogP contribution in [-0.4, -0.2) is 35.7 Å². The summed E-state index contributed by atoms with van der Waals surface area (Å²) in [5.41, 5.74) is 1.17. The fourth-order valence-electron chi connectivity index (χ4n) is 3.72. The Bertz CT molecular complexity index is 574. The van der Waals surface area contributed by atoms with Gasteiger partial charge in [0, 0.05) is 34.9 Å². The summed E-state index contributed by atoms with van der Waals surface area (Å²) < 4.78 is 5.48. The summed E-state index contributed by atoms with van der Waals surface area (Å²) in [4.78, 5) is 17.1. The van der Waals surface area contributed by atoms with Crippen LogP contribution in [0.25, 0.3) is 0 Å². The van der Waals surface area contributed by atoms with Gasteiger partial charge in [-0.15, -0.1) is 11.3 Å². The number of carbonyl (C=O) groups excluding carboxylic acids is 1. The van der Waals surface area contributed by atoms with Crippen LogP contribution in [0.15, 0.2) is 6.07 Å². The first-order chi connectivity index (χ1) is 11.8. The predicted octanol–water partition coefficient (Wildman–Crippen LogP) is 4.68. The lowest BCUT2D eigenvalue weighted by Crippen LogP contribution is -2.46. The SMILES string of the molecule is CC(NC1CCN(C(=O)OC(C)(C)C)CC1)c1cc2c(s1)CCCC2. The van der Waals surface area contributed by atoms with Gasteiger partial charge in [0.05, 0.1) is 0 Å². The highest BCUT2D eigenvalue weighted by Crippen LogP contribution is 2.33. The Hall–Kier alpha value is -1.07. The van der Waals surface area contributed by atoms with Gasteiger partial charge < -0.3 is 15.0 Å². The van der Waals surface area contributed by atoms with Crippen molar-refractivity contribution in [2.45, 2.75) is 83.9 Å². The molecule has 0 saturated carbocycles. The van der Waals surface area contributed by atoms with E-state index in [-0.39, 0.29) is 6.09 Å². The van der Waals surface area contributed by atoms with Crippen molar-refractivity contribution in [2.24, 2.45) is 0 Å². The number of nitrogens with zero attached hydrogens (tertiary/aromatic N) is 1. The monoisotopic (exact) mass is 364 g/mol. The van der Waals surface area contributed by atoms with Gasteiger partial charge in [-0.05, 0) is 77.8 Å². The fourth-order valence-corrected chi connectivity index (χ4v) is 4.99. The Kier molecular flexibility index (Phi) is 5.74. The van der Waals surface area contributed by atoms with Crippen LogP contribution in [0.2, 0.25) is 0 Å². The molecule has 3 rings (SSSR count). The summed E-state index contributed by atoms with van der Waals surface area (Å²) in [6.45, 7) is 9.59. The van der Waals surface area contributed by atoms with Crippen LogP contribution < -0.4 is 5.32 Å². The van der Waals surface area contributed by atoms with Crippen LogP contribution in [-0.2, 0) is 17.6 Å². The molecule has 1 aromatic heterocycles. The molecule has 1 N–H and O–H groups in total. The van der Waals surface area contributed by atoms with E-state index < -0.39 is 5.60 Å².